The van der Waals surface area contributed by atoms with Crippen molar-refractivity contribution in [1.29, 1.82) is 0 Å². The van der Waals surface area contributed by atoms with Gasteiger partial charge in [0.1, 0.15) is 0 Å². The Morgan fingerprint density at radius 1 is 1.35 bits per heavy atom. The summed E-state index contributed by atoms with van der Waals surface area (Å²) in [5.74, 6) is 0. The molecule has 1 saturated heterocycles. The van der Waals surface area contributed by atoms with Crippen LogP contribution < -0.4 is 5.48 Å². The average molecular weight is 234 g/mol. The smallest absolute Gasteiger partial charge is 0.0654 e. The van der Waals surface area contributed by atoms with Crippen molar-refractivity contribution in [2.75, 3.05) is 19.7 Å². The van der Waals surface area contributed by atoms with Gasteiger partial charge >= 0.3 is 0 Å². The molecule has 1 fully saturated rings. The van der Waals surface area contributed by atoms with Crippen LogP contribution in [-0.4, -0.2) is 30.6 Å². The van der Waals surface area contributed by atoms with Crippen LogP contribution in [-0.2, 0) is 11.4 Å². The molecular weight excluding hydrogens is 212 g/mol. The average Bonchev–Trinajstić information content (AvgIpc) is 2.38. The van der Waals surface area contributed by atoms with Gasteiger partial charge < -0.3 is 4.84 Å². The Bertz CT molecular complexity index is 315. The van der Waals surface area contributed by atoms with Crippen molar-refractivity contribution in [3.63, 3.8) is 0 Å². The first-order valence-electron chi connectivity index (χ1n) is 6.52. The topological polar surface area (TPSA) is 24.5 Å². The van der Waals surface area contributed by atoms with Crippen molar-refractivity contribution in [1.82, 2.24) is 10.4 Å². The lowest BCUT2D eigenvalue weighted by molar-refractivity contribution is 0.00166. The second-order valence-corrected chi connectivity index (χ2v) is 4.61. The Labute approximate surface area is 104 Å². The van der Waals surface area contributed by atoms with E-state index in [1.54, 1.807) is 0 Å². The Kier molecular flexibility index (Phi) is 4.98. The van der Waals surface area contributed by atoms with E-state index in [2.05, 4.69) is 40.7 Å². The first kappa shape index (κ1) is 12.6. The van der Waals surface area contributed by atoms with E-state index in [9.17, 15) is 0 Å². The number of rotatable bonds is 5. The van der Waals surface area contributed by atoms with E-state index in [-0.39, 0.29) is 0 Å². The Morgan fingerprint density at radius 3 is 2.94 bits per heavy atom. The fraction of sp³-hybridized carbons (Fsp3) is 0.571. The van der Waals surface area contributed by atoms with Crippen LogP contribution in [0.25, 0.3) is 0 Å². The number of nitrogens with one attached hydrogen (secondary N) is 1. The number of piperidine rings is 1. The van der Waals surface area contributed by atoms with Crippen LogP contribution >= 0.6 is 0 Å². The first-order valence-corrected chi connectivity index (χ1v) is 6.52. The molecule has 1 aromatic carbocycles. The van der Waals surface area contributed by atoms with E-state index in [0.29, 0.717) is 6.04 Å². The highest BCUT2D eigenvalue weighted by Crippen LogP contribution is 2.13. The van der Waals surface area contributed by atoms with Crippen LogP contribution in [0, 0.1) is 0 Å². The minimum Gasteiger partial charge on any atom is -0.302 e. The molecule has 3 heteroatoms. The summed E-state index contributed by atoms with van der Waals surface area (Å²) in [4.78, 5) is 7.79. The van der Waals surface area contributed by atoms with E-state index in [4.69, 9.17) is 4.84 Å². The fourth-order valence-corrected chi connectivity index (χ4v) is 2.34. The van der Waals surface area contributed by atoms with Crippen LogP contribution in [0.5, 0.6) is 0 Å². The molecule has 1 N–H and O–H groups in total. The van der Waals surface area contributed by atoms with Crippen molar-refractivity contribution in [3.8, 4) is 0 Å². The van der Waals surface area contributed by atoms with Gasteiger partial charge in [-0.1, -0.05) is 30.3 Å². The Morgan fingerprint density at radius 2 is 2.18 bits per heavy atom. The van der Waals surface area contributed by atoms with E-state index in [1.165, 1.54) is 24.9 Å². The van der Waals surface area contributed by atoms with Gasteiger partial charge in [0.2, 0.25) is 0 Å². The maximum Gasteiger partial charge on any atom is 0.0654 e. The second kappa shape index (κ2) is 6.74. The minimum atomic E-state index is 0.479. The van der Waals surface area contributed by atoms with E-state index < -0.39 is 0 Å². The number of hydrogen-bond acceptors (Lipinski definition) is 3. The van der Waals surface area contributed by atoms with Gasteiger partial charge in [-0.25, -0.2) is 0 Å². The lowest BCUT2D eigenvalue weighted by atomic mass is 10.1. The summed E-state index contributed by atoms with van der Waals surface area (Å²) in [5, 5.41) is 0. The molecule has 1 heterocycles. The van der Waals surface area contributed by atoms with Gasteiger partial charge in [-0.2, -0.15) is 5.48 Å². The van der Waals surface area contributed by atoms with E-state index >= 15 is 0 Å². The van der Waals surface area contributed by atoms with Crippen molar-refractivity contribution >= 4 is 0 Å². The van der Waals surface area contributed by atoms with Crippen molar-refractivity contribution in [2.24, 2.45) is 0 Å². The van der Waals surface area contributed by atoms with Crippen LogP contribution in [0.4, 0.5) is 0 Å². The summed E-state index contributed by atoms with van der Waals surface area (Å²) < 4.78 is 0. The lowest BCUT2D eigenvalue weighted by Gasteiger charge is -2.32. The molecule has 1 aliphatic rings. The Balaban J connectivity index is 1.81. The van der Waals surface area contributed by atoms with Gasteiger partial charge in [0.05, 0.1) is 6.61 Å². The third-order valence-corrected chi connectivity index (χ3v) is 3.15. The van der Waals surface area contributed by atoms with Gasteiger partial charge in [-0.3, -0.25) is 4.90 Å². The van der Waals surface area contributed by atoms with Gasteiger partial charge in [0.25, 0.3) is 0 Å². The standard InChI is InChI=1S/C14H22N2O/c1-2-17-15-14-9-6-10-16(12-14)11-13-7-4-3-5-8-13/h3-5,7-8,14-15H,2,6,9-12H2,1H3. The maximum absolute atomic E-state index is 5.29. The van der Waals surface area contributed by atoms with Crippen LogP contribution in [0.2, 0.25) is 0 Å². The number of benzene rings is 1. The largest absolute Gasteiger partial charge is 0.302 e. The summed E-state index contributed by atoms with van der Waals surface area (Å²) in [7, 11) is 0. The molecule has 3 nitrogen and oxygen atoms in total. The van der Waals surface area contributed by atoms with E-state index in [0.717, 1.165) is 19.7 Å². The van der Waals surface area contributed by atoms with Gasteiger partial charge in [0.15, 0.2) is 0 Å². The molecule has 94 valence electrons. The summed E-state index contributed by atoms with van der Waals surface area (Å²) >= 11 is 0. The monoisotopic (exact) mass is 234 g/mol. The highest BCUT2D eigenvalue weighted by molar-refractivity contribution is 5.14. The molecule has 0 aliphatic carbocycles. The summed E-state index contributed by atoms with van der Waals surface area (Å²) in [6.07, 6.45) is 2.46. The molecule has 0 saturated carbocycles. The van der Waals surface area contributed by atoms with E-state index in [1.807, 2.05) is 6.92 Å². The zero-order valence-corrected chi connectivity index (χ0v) is 10.6. The normalized spacial score (nSPS) is 21.6. The van der Waals surface area contributed by atoms with Crippen LogP contribution in [0.15, 0.2) is 30.3 Å². The van der Waals surface area contributed by atoms with Gasteiger partial charge in [-0.15, -0.1) is 0 Å². The molecule has 0 aromatic heterocycles. The zero-order valence-electron chi connectivity index (χ0n) is 10.6. The molecule has 0 spiro atoms. The SMILES string of the molecule is CCONC1CCCN(Cc2ccccc2)C1. The lowest BCUT2D eigenvalue weighted by Crippen LogP contribution is -2.45. The number of hydroxylamine groups is 1. The number of likely N-dealkylation sites (tertiary alicyclic amines) is 1. The third kappa shape index (κ3) is 4.11. The molecule has 17 heavy (non-hydrogen) atoms. The van der Waals surface area contributed by atoms with Crippen molar-refractivity contribution in [3.05, 3.63) is 35.9 Å². The third-order valence-electron chi connectivity index (χ3n) is 3.15. The molecule has 1 aromatic rings. The first-order chi connectivity index (χ1) is 8.38. The summed E-state index contributed by atoms with van der Waals surface area (Å²) in [6, 6.07) is 11.1. The summed E-state index contributed by atoms with van der Waals surface area (Å²) in [6.45, 7) is 6.06. The van der Waals surface area contributed by atoms with Gasteiger partial charge in [-0.05, 0) is 31.9 Å². The minimum absolute atomic E-state index is 0.479. The Hall–Kier alpha value is -0.900. The second-order valence-electron chi connectivity index (χ2n) is 4.61. The summed E-state index contributed by atoms with van der Waals surface area (Å²) in [5.41, 5.74) is 4.54. The molecule has 0 amide bonds. The molecule has 1 atom stereocenters. The van der Waals surface area contributed by atoms with Crippen molar-refractivity contribution in [2.45, 2.75) is 32.4 Å². The quantitative estimate of drug-likeness (QED) is 0.790. The van der Waals surface area contributed by atoms with Crippen LogP contribution in [0.3, 0.4) is 0 Å². The molecule has 1 aliphatic heterocycles. The van der Waals surface area contributed by atoms with Gasteiger partial charge in [0, 0.05) is 19.1 Å². The number of nitrogens with zero attached hydrogens (tertiary/aromatic N) is 1. The highest BCUT2D eigenvalue weighted by atomic mass is 16.6. The molecule has 1 unspecified atom stereocenters. The van der Waals surface area contributed by atoms with Crippen LogP contribution in [0.1, 0.15) is 25.3 Å². The molecule has 2 rings (SSSR count). The predicted molar refractivity (Wildman–Crippen MR) is 69.5 cm³/mol. The maximum atomic E-state index is 5.29. The molecular formula is C14H22N2O. The fourth-order valence-electron chi connectivity index (χ4n) is 2.34. The highest BCUT2D eigenvalue weighted by Gasteiger charge is 2.19. The predicted octanol–water partition coefficient (Wildman–Crippen LogP) is 2.19. The number of hydrogen-bond donors (Lipinski definition) is 1. The molecule has 0 radical (unpaired) electrons. The zero-order chi connectivity index (χ0) is 11.9. The molecule has 0 bridgehead atoms. The van der Waals surface area contributed by atoms with Crippen molar-refractivity contribution < 1.29 is 4.84 Å².